The highest BCUT2D eigenvalue weighted by molar-refractivity contribution is 7.91. The van der Waals surface area contributed by atoms with Crippen LogP contribution in [0.2, 0.25) is 5.22 Å². The zero-order valence-corrected chi connectivity index (χ0v) is 12.0. The Kier molecular flexibility index (Phi) is 4.15. The fourth-order valence-corrected chi connectivity index (χ4v) is 3.82. The predicted molar refractivity (Wildman–Crippen MR) is 67.7 cm³/mol. The van der Waals surface area contributed by atoms with Gasteiger partial charge in [0.15, 0.2) is 9.84 Å². The van der Waals surface area contributed by atoms with Gasteiger partial charge < -0.3 is 9.26 Å². The number of nitrogens with zero attached hydrogens (tertiary/aromatic N) is 1. The number of hydrogen-bond acceptors (Lipinski definition) is 6. The molecule has 106 valence electrons. The van der Waals surface area contributed by atoms with E-state index in [1.54, 1.807) is 6.92 Å². The zero-order valence-electron chi connectivity index (χ0n) is 10.4. The van der Waals surface area contributed by atoms with Crippen LogP contribution in [-0.2, 0) is 25.8 Å². The molecule has 0 saturated carbocycles. The number of rotatable bonds is 4. The molecular weight excluding hydrogens is 294 g/mol. The monoisotopic (exact) mass is 307 g/mol. The Morgan fingerprint density at radius 2 is 2.32 bits per heavy atom. The molecule has 1 fully saturated rings. The summed E-state index contributed by atoms with van der Waals surface area (Å²) in [6.45, 7) is 1.74. The van der Waals surface area contributed by atoms with E-state index >= 15 is 0 Å². The van der Waals surface area contributed by atoms with Crippen LogP contribution in [0.3, 0.4) is 0 Å². The second kappa shape index (κ2) is 5.50. The largest absolute Gasteiger partial charge is 0.461 e. The van der Waals surface area contributed by atoms with Crippen LogP contribution in [0.25, 0.3) is 0 Å². The van der Waals surface area contributed by atoms with Gasteiger partial charge in [0.25, 0.3) is 0 Å². The summed E-state index contributed by atoms with van der Waals surface area (Å²) >= 11 is 5.78. The van der Waals surface area contributed by atoms with E-state index in [2.05, 4.69) is 5.16 Å². The van der Waals surface area contributed by atoms with Crippen molar-refractivity contribution in [1.29, 1.82) is 0 Å². The summed E-state index contributed by atoms with van der Waals surface area (Å²) in [6.07, 6.45) is 0.350. The van der Waals surface area contributed by atoms with Crippen molar-refractivity contribution in [3.8, 4) is 0 Å². The number of aromatic nitrogens is 1. The van der Waals surface area contributed by atoms with Crippen LogP contribution in [0.15, 0.2) is 4.52 Å². The number of ether oxygens (including phenoxy) is 1. The molecule has 8 heteroatoms. The van der Waals surface area contributed by atoms with Gasteiger partial charge in [-0.2, -0.15) is 0 Å². The molecule has 6 nitrogen and oxygen atoms in total. The minimum Gasteiger partial charge on any atom is -0.461 e. The summed E-state index contributed by atoms with van der Waals surface area (Å²) in [4.78, 5) is 11.6. The Bertz CT molecular complexity index is 560. The van der Waals surface area contributed by atoms with Crippen LogP contribution in [0.5, 0.6) is 0 Å². The first-order valence-electron chi connectivity index (χ1n) is 5.88. The molecule has 2 rings (SSSR count). The third-order valence-corrected chi connectivity index (χ3v) is 5.04. The van der Waals surface area contributed by atoms with Gasteiger partial charge in [-0.3, -0.25) is 4.79 Å². The van der Waals surface area contributed by atoms with Crippen molar-refractivity contribution in [2.75, 3.05) is 11.5 Å². The molecule has 1 atom stereocenters. The van der Waals surface area contributed by atoms with Crippen LogP contribution in [0, 0.1) is 6.92 Å². The fourth-order valence-electron chi connectivity index (χ4n) is 1.97. The molecule has 1 aliphatic heterocycles. The normalized spacial score (nSPS) is 21.5. The summed E-state index contributed by atoms with van der Waals surface area (Å²) in [6, 6.07) is 0. The van der Waals surface area contributed by atoms with Crippen LogP contribution < -0.4 is 0 Å². The summed E-state index contributed by atoms with van der Waals surface area (Å²) in [5, 5.41) is 3.85. The highest BCUT2D eigenvalue weighted by atomic mass is 35.5. The molecular formula is C11H14ClNO5S. The number of aryl methyl sites for hydroxylation is 1. The topological polar surface area (TPSA) is 86.5 Å². The number of halogens is 1. The summed E-state index contributed by atoms with van der Waals surface area (Å²) < 4.78 is 32.3. The van der Waals surface area contributed by atoms with E-state index in [0.29, 0.717) is 24.1 Å². The van der Waals surface area contributed by atoms with Crippen molar-refractivity contribution in [3.63, 3.8) is 0 Å². The van der Waals surface area contributed by atoms with E-state index < -0.39 is 21.9 Å². The Labute approximate surface area is 116 Å². The first-order valence-corrected chi connectivity index (χ1v) is 8.08. The molecule has 0 N–H and O–H groups in total. The molecule has 0 aromatic carbocycles. The second-order valence-corrected chi connectivity index (χ2v) is 7.11. The molecule has 0 radical (unpaired) electrons. The lowest BCUT2D eigenvalue weighted by Gasteiger charge is -2.09. The molecule has 19 heavy (non-hydrogen) atoms. The molecule has 0 amide bonds. The summed E-state index contributed by atoms with van der Waals surface area (Å²) in [7, 11) is -3.04. The molecule has 0 aliphatic carbocycles. The van der Waals surface area contributed by atoms with Gasteiger partial charge in [0.2, 0.25) is 5.22 Å². The lowest BCUT2D eigenvalue weighted by atomic mass is 10.1. The third kappa shape index (κ3) is 3.70. The van der Waals surface area contributed by atoms with E-state index in [4.69, 9.17) is 20.9 Å². The lowest BCUT2D eigenvalue weighted by molar-refractivity contribution is -0.147. The zero-order chi connectivity index (χ0) is 14.0. The maximum atomic E-state index is 11.6. The average molecular weight is 308 g/mol. The van der Waals surface area contributed by atoms with E-state index in [1.807, 2.05) is 0 Å². The number of sulfone groups is 1. The van der Waals surface area contributed by atoms with Crippen LogP contribution >= 0.6 is 11.6 Å². The number of hydrogen-bond donors (Lipinski definition) is 0. The molecule has 0 unspecified atom stereocenters. The van der Waals surface area contributed by atoms with Gasteiger partial charge in [0.05, 0.1) is 17.2 Å². The SMILES string of the molecule is Cc1noc(Cl)c1CCC(=O)O[C@H]1CCS(=O)(=O)C1. The summed E-state index contributed by atoms with van der Waals surface area (Å²) in [5.41, 5.74) is 1.32. The molecule has 0 bridgehead atoms. The van der Waals surface area contributed by atoms with Crippen molar-refractivity contribution in [2.24, 2.45) is 0 Å². The molecule has 1 saturated heterocycles. The van der Waals surface area contributed by atoms with E-state index in [0.717, 1.165) is 0 Å². The Hall–Kier alpha value is -1.08. The third-order valence-electron chi connectivity index (χ3n) is 3.00. The number of carbonyl (C=O) groups excluding carboxylic acids is 1. The second-order valence-electron chi connectivity index (χ2n) is 4.54. The van der Waals surface area contributed by atoms with Gasteiger partial charge >= 0.3 is 5.97 Å². The van der Waals surface area contributed by atoms with Gasteiger partial charge in [-0.1, -0.05) is 5.16 Å². The molecule has 2 heterocycles. The van der Waals surface area contributed by atoms with Gasteiger partial charge in [-0.25, -0.2) is 8.42 Å². The van der Waals surface area contributed by atoms with E-state index in [1.165, 1.54) is 0 Å². The van der Waals surface area contributed by atoms with Crippen LogP contribution in [-0.4, -0.2) is 37.2 Å². The van der Waals surface area contributed by atoms with Crippen LogP contribution in [0.4, 0.5) is 0 Å². The molecule has 0 spiro atoms. The first kappa shape index (κ1) is 14.3. The van der Waals surface area contributed by atoms with E-state index in [9.17, 15) is 13.2 Å². The van der Waals surface area contributed by atoms with Crippen molar-refractivity contribution >= 4 is 27.4 Å². The molecule has 1 aromatic heterocycles. The van der Waals surface area contributed by atoms with Gasteiger partial charge in [0, 0.05) is 12.0 Å². The van der Waals surface area contributed by atoms with E-state index in [-0.39, 0.29) is 23.1 Å². The summed E-state index contributed by atoms with van der Waals surface area (Å²) in [5.74, 6) is -0.424. The van der Waals surface area contributed by atoms with Gasteiger partial charge in [-0.15, -0.1) is 0 Å². The minimum absolute atomic E-state index is 0.0776. The molecule has 1 aliphatic rings. The smallest absolute Gasteiger partial charge is 0.306 e. The predicted octanol–water partition coefficient (Wildman–Crippen LogP) is 1.30. The highest BCUT2D eigenvalue weighted by Gasteiger charge is 2.30. The highest BCUT2D eigenvalue weighted by Crippen LogP contribution is 2.21. The van der Waals surface area contributed by atoms with Crippen molar-refractivity contribution < 1.29 is 22.5 Å². The van der Waals surface area contributed by atoms with Crippen molar-refractivity contribution in [3.05, 3.63) is 16.5 Å². The number of esters is 1. The maximum Gasteiger partial charge on any atom is 0.306 e. The average Bonchev–Trinajstić information content (AvgIpc) is 2.80. The lowest BCUT2D eigenvalue weighted by Crippen LogP contribution is -2.19. The minimum atomic E-state index is -3.04. The molecule has 1 aromatic rings. The maximum absolute atomic E-state index is 11.6. The Balaban J connectivity index is 1.83. The van der Waals surface area contributed by atoms with Crippen LogP contribution in [0.1, 0.15) is 24.1 Å². The fraction of sp³-hybridized carbons (Fsp3) is 0.636. The quantitative estimate of drug-likeness (QED) is 0.779. The number of carbonyl (C=O) groups is 1. The van der Waals surface area contributed by atoms with Gasteiger partial charge in [0.1, 0.15) is 6.10 Å². The van der Waals surface area contributed by atoms with Crippen molar-refractivity contribution in [1.82, 2.24) is 5.16 Å². The van der Waals surface area contributed by atoms with Gasteiger partial charge in [-0.05, 0) is 31.4 Å². The van der Waals surface area contributed by atoms with Crippen molar-refractivity contribution in [2.45, 2.75) is 32.3 Å². The Morgan fingerprint density at radius 1 is 1.58 bits per heavy atom. The standard InChI is InChI=1S/C11H14ClNO5S/c1-7-9(11(12)18-13-7)2-3-10(14)17-8-4-5-19(15,16)6-8/h8H,2-6H2,1H3/t8-/m0/s1. The Morgan fingerprint density at radius 3 is 2.84 bits per heavy atom. The first-order chi connectivity index (χ1) is 8.87.